The second kappa shape index (κ2) is 15.7. The summed E-state index contributed by atoms with van der Waals surface area (Å²) in [5.74, 6) is -4.25. The maximum atomic E-state index is 13.3. The minimum absolute atomic E-state index is 0.128. The molecule has 4 rings (SSSR count). The normalized spacial score (nSPS) is 15.6. The van der Waals surface area contributed by atoms with Crippen LogP contribution in [0.4, 0.5) is 32.0 Å². The first-order chi connectivity index (χ1) is 21.2. The van der Waals surface area contributed by atoms with Crippen molar-refractivity contribution < 1.29 is 60.4 Å². The monoisotopic (exact) mass is 682 g/mol. The van der Waals surface area contributed by atoms with Crippen molar-refractivity contribution >= 4 is 35.1 Å². The number of ether oxygens (including phenoxy) is 2. The fourth-order valence-electron chi connectivity index (χ4n) is 3.63. The number of nitrogens with one attached hydrogen (secondary N) is 2. The number of anilines is 1. The molecule has 252 valence electrons. The highest BCUT2D eigenvalue weighted by Crippen LogP contribution is 2.38. The maximum Gasteiger partial charge on any atom is 0.490 e. The molecule has 0 saturated carbocycles. The number of aliphatic carboxylic acids is 2. The lowest BCUT2D eigenvalue weighted by Gasteiger charge is -2.33. The van der Waals surface area contributed by atoms with Gasteiger partial charge in [-0.15, -0.1) is 0 Å². The van der Waals surface area contributed by atoms with Crippen LogP contribution in [0.3, 0.4) is 0 Å². The number of aromatic nitrogens is 2. The molecule has 4 N–H and O–H groups in total. The third kappa shape index (κ3) is 11.4. The Bertz CT molecular complexity index is 1480. The summed E-state index contributed by atoms with van der Waals surface area (Å²) in [6, 6.07) is 11.2. The van der Waals surface area contributed by atoms with Gasteiger partial charge in [-0.25, -0.2) is 9.59 Å². The molecule has 0 radical (unpaired) electrons. The number of aromatic amines is 1. The Balaban J connectivity index is 0.000000440. The number of hydrogen-bond acceptors (Lipinski definition) is 7. The van der Waals surface area contributed by atoms with Gasteiger partial charge >= 0.3 is 24.3 Å². The third-order valence-corrected chi connectivity index (χ3v) is 6.28. The second-order valence-corrected chi connectivity index (χ2v) is 10.6. The zero-order valence-corrected chi connectivity index (χ0v) is 25.2. The molecule has 2 aromatic carbocycles. The lowest BCUT2D eigenvalue weighted by atomic mass is 9.81. The van der Waals surface area contributed by atoms with Gasteiger partial charge in [0.2, 0.25) is 5.91 Å². The van der Waals surface area contributed by atoms with Gasteiger partial charge in [0.1, 0.15) is 24.7 Å². The molecule has 0 saturated heterocycles. The predicted octanol–water partition coefficient (Wildman–Crippen LogP) is 5.52. The van der Waals surface area contributed by atoms with Crippen molar-refractivity contribution in [1.82, 2.24) is 15.1 Å². The number of carboxylic acids is 2. The topological polar surface area (TPSA) is 154 Å². The SMILES string of the molecule is CN(C)CCOc1cc(-c2cn[nH]c2)ccc1NC(=O)C1(C)COc2ccc(Cl)cc2C1.O=C(O)C(F)(F)F.O=C(O)C(F)(F)F. The Morgan fingerprint density at radius 2 is 1.65 bits per heavy atom. The van der Waals surface area contributed by atoms with Gasteiger partial charge < -0.3 is 29.9 Å². The molecule has 1 aliphatic heterocycles. The molecule has 0 spiro atoms. The molecule has 11 nitrogen and oxygen atoms in total. The number of hydrogen-bond donors (Lipinski definition) is 4. The van der Waals surface area contributed by atoms with Crippen LogP contribution in [0.1, 0.15) is 12.5 Å². The number of nitrogens with zero attached hydrogens (tertiary/aromatic N) is 2. The molecule has 0 bridgehead atoms. The molecular formula is C28H29ClF6N4O7. The molecular weight excluding hydrogens is 654 g/mol. The summed E-state index contributed by atoms with van der Waals surface area (Å²) in [4.78, 5) is 33.2. The molecule has 1 aliphatic rings. The number of halogens is 7. The van der Waals surface area contributed by atoms with Crippen LogP contribution < -0.4 is 14.8 Å². The number of amides is 1. The zero-order chi connectivity index (χ0) is 34.9. The maximum absolute atomic E-state index is 13.3. The van der Waals surface area contributed by atoms with E-state index >= 15 is 0 Å². The molecule has 18 heteroatoms. The summed E-state index contributed by atoms with van der Waals surface area (Å²) < 4.78 is 75.4. The van der Waals surface area contributed by atoms with Crippen molar-refractivity contribution in [2.45, 2.75) is 25.7 Å². The first kappa shape index (κ1) is 37.7. The number of rotatable bonds is 7. The number of H-pyrrole nitrogens is 1. The van der Waals surface area contributed by atoms with E-state index in [2.05, 4.69) is 15.5 Å². The van der Waals surface area contributed by atoms with Crippen LogP contribution in [0.15, 0.2) is 48.8 Å². The molecule has 1 unspecified atom stereocenters. The van der Waals surface area contributed by atoms with E-state index in [4.69, 9.17) is 40.9 Å². The van der Waals surface area contributed by atoms with Crippen LogP contribution in [0.25, 0.3) is 11.1 Å². The number of carbonyl (C=O) groups is 3. The number of alkyl halides is 6. The predicted molar refractivity (Wildman–Crippen MR) is 153 cm³/mol. The first-order valence-electron chi connectivity index (χ1n) is 13.0. The van der Waals surface area contributed by atoms with E-state index in [0.717, 1.165) is 29.0 Å². The fourth-order valence-corrected chi connectivity index (χ4v) is 3.82. The Morgan fingerprint density at radius 1 is 1.04 bits per heavy atom. The number of carboxylic acid groups (broad SMARTS) is 2. The molecule has 1 aromatic heterocycles. The van der Waals surface area contributed by atoms with Crippen molar-refractivity contribution in [1.29, 1.82) is 0 Å². The molecule has 1 amide bonds. The molecule has 0 fully saturated rings. The van der Waals surface area contributed by atoms with Crippen molar-refractivity contribution in [2.75, 3.05) is 39.2 Å². The fraction of sp³-hybridized carbons (Fsp3) is 0.357. The summed E-state index contributed by atoms with van der Waals surface area (Å²) in [5.41, 5.74) is 2.72. The van der Waals surface area contributed by atoms with Gasteiger partial charge in [0.05, 0.1) is 17.3 Å². The minimum atomic E-state index is -5.08. The van der Waals surface area contributed by atoms with Gasteiger partial charge in [-0.3, -0.25) is 9.89 Å². The van der Waals surface area contributed by atoms with E-state index in [1.165, 1.54) is 0 Å². The van der Waals surface area contributed by atoms with Crippen LogP contribution in [0.2, 0.25) is 5.02 Å². The van der Waals surface area contributed by atoms with E-state index < -0.39 is 29.7 Å². The number of benzene rings is 2. The van der Waals surface area contributed by atoms with Gasteiger partial charge in [-0.1, -0.05) is 17.7 Å². The van der Waals surface area contributed by atoms with Crippen LogP contribution >= 0.6 is 11.6 Å². The molecule has 1 atom stereocenters. The van der Waals surface area contributed by atoms with Gasteiger partial charge in [0.25, 0.3) is 0 Å². The Morgan fingerprint density at radius 3 is 2.17 bits per heavy atom. The number of carbonyl (C=O) groups excluding carboxylic acids is 1. The number of fused-ring (bicyclic) bond motifs is 1. The average molecular weight is 683 g/mol. The van der Waals surface area contributed by atoms with Crippen LogP contribution in [-0.4, -0.2) is 89.4 Å². The van der Waals surface area contributed by atoms with E-state index in [1.54, 1.807) is 12.3 Å². The van der Waals surface area contributed by atoms with Crippen molar-refractivity contribution in [3.8, 4) is 22.6 Å². The highest BCUT2D eigenvalue weighted by Gasteiger charge is 2.40. The van der Waals surface area contributed by atoms with Crippen molar-refractivity contribution in [3.05, 3.63) is 59.4 Å². The zero-order valence-electron chi connectivity index (χ0n) is 24.4. The highest BCUT2D eigenvalue weighted by molar-refractivity contribution is 6.30. The van der Waals surface area contributed by atoms with E-state index in [1.807, 2.05) is 62.4 Å². The minimum Gasteiger partial charge on any atom is -0.492 e. The highest BCUT2D eigenvalue weighted by atomic mass is 35.5. The van der Waals surface area contributed by atoms with E-state index in [0.29, 0.717) is 29.5 Å². The quantitative estimate of drug-likeness (QED) is 0.236. The molecule has 3 aromatic rings. The van der Waals surface area contributed by atoms with E-state index in [9.17, 15) is 31.1 Å². The number of likely N-dealkylation sites (N-methyl/N-ethyl adjacent to an activating group) is 1. The Hall–Kier alpha value is -4.51. The second-order valence-electron chi connectivity index (χ2n) is 10.2. The third-order valence-electron chi connectivity index (χ3n) is 6.04. The molecule has 2 heterocycles. The lowest BCUT2D eigenvalue weighted by molar-refractivity contribution is -0.193. The Kier molecular flexibility index (Phi) is 12.8. The van der Waals surface area contributed by atoms with Crippen LogP contribution in [0, 0.1) is 5.41 Å². The van der Waals surface area contributed by atoms with Gasteiger partial charge in [0, 0.05) is 23.3 Å². The smallest absolute Gasteiger partial charge is 0.490 e. The van der Waals surface area contributed by atoms with Gasteiger partial charge in [-0.2, -0.15) is 31.4 Å². The van der Waals surface area contributed by atoms with Crippen molar-refractivity contribution in [3.63, 3.8) is 0 Å². The van der Waals surface area contributed by atoms with Crippen LogP contribution in [0.5, 0.6) is 11.5 Å². The molecule has 0 aliphatic carbocycles. The summed E-state index contributed by atoms with van der Waals surface area (Å²) in [7, 11) is 3.98. The van der Waals surface area contributed by atoms with Gasteiger partial charge in [0.15, 0.2) is 0 Å². The van der Waals surface area contributed by atoms with Crippen LogP contribution in [-0.2, 0) is 20.8 Å². The summed E-state index contributed by atoms with van der Waals surface area (Å²) >= 11 is 6.14. The largest absolute Gasteiger partial charge is 0.492 e. The lowest BCUT2D eigenvalue weighted by Crippen LogP contribution is -2.43. The summed E-state index contributed by atoms with van der Waals surface area (Å²) in [5, 5.41) is 24.8. The van der Waals surface area contributed by atoms with Gasteiger partial charge in [-0.05, 0) is 68.9 Å². The summed E-state index contributed by atoms with van der Waals surface area (Å²) in [6.07, 6.45) is -6.06. The first-order valence-corrected chi connectivity index (χ1v) is 13.3. The standard InChI is InChI=1S/C24H27ClN4O3.2C2HF3O2/c1-24(12-17-10-19(25)5-7-21(17)32-15-24)23(30)28-20-6-4-16(18-13-26-27-14-18)11-22(20)31-9-8-29(2)3;2*3-2(4,5)1(6)7/h4-7,10-11,13-14H,8-9,12,15H2,1-3H3,(H,26,27)(H,28,30);2*(H,6,7). The van der Waals surface area contributed by atoms with E-state index in [-0.39, 0.29) is 12.5 Å². The van der Waals surface area contributed by atoms with Crippen molar-refractivity contribution in [2.24, 2.45) is 5.41 Å². The average Bonchev–Trinajstić information content (AvgIpc) is 3.48. The summed E-state index contributed by atoms with van der Waals surface area (Å²) in [6.45, 7) is 3.44. The Labute approximate surface area is 263 Å². The molecule has 46 heavy (non-hydrogen) atoms.